The minimum atomic E-state index is 0.178. The quantitative estimate of drug-likeness (QED) is 0.476. The summed E-state index contributed by atoms with van der Waals surface area (Å²) >= 11 is 14.7. The molecule has 0 aliphatic rings. The molecule has 0 heterocycles. The Kier molecular flexibility index (Phi) is 5.28. The van der Waals surface area contributed by atoms with E-state index in [1.165, 1.54) is 11.8 Å². The molecule has 7 heteroatoms. The summed E-state index contributed by atoms with van der Waals surface area (Å²) in [6.07, 6.45) is 0. The van der Waals surface area contributed by atoms with Gasteiger partial charge >= 0.3 is 0 Å². The van der Waals surface area contributed by atoms with Gasteiger partial charge in [-0.3, -0.25) is 0 Å². The predicted molar refractivity (Wildman–Crippen MR) is 91.1 cm³/mol. The smallest absolute Gasteiger partial charge is 0.144 e. The second kappa shape index (κ2) is 6.39. The maximum Gasteiger partial charge on any atom is 0.144 e. The number of aromatic hydroxyl groups is 2. The Morgan fingerprint density at radius 2 is 0.895 bits per heavy atom. The van der Waals surface area contributed by atoms with Gasteiger partial charge in [0.05, 0.1) is 17.9 Å². The van der Waals surface area contributed by atoms with Gasteiger partial charge in [-0.1, -0.05) is 11.8 Å². The topological polar surface area (TPSA) is 40.5 Å². The summed E-state index contributed by atoms with van der Waals surface area (Å²) < 4.78 is 2.50. The molecule has 0 fully saturated rings. The van der Waals surface area contributed by atoms with Crippen LogP contribution in [0.4, 0.5) is 0 Å². The molecular weight excluding hydrogens is 528 g/mol. The summed E-state index contributed by atoms with van der Waals surface area (Å²) in [5.41, 5.74) is 0. The van der Waals surface area contributed by atoms with Gasteiger partial charge in [-0.2, -0.15) is 0 Å². The first kappa shape index (κ1) is 15.7. The van der Waals surface area contributed by atoms with Gasteiger partial charge in [0.2, 0.25) is 0 Å². The highest BCUT2D eigenvalue weighted by atomic mass is 79.9. The van der Waals surface area contributed by atoms with E-state index in [9.17, 15) is 10.2 Å². The van der Waals surface area contributed by atoms with Gasteiger partial charge in [0.1, 0.15) is 11.5 Å². The Morgan fingerprint density at radius 3 is 1.16 bits per heavy atom. The van der Waals surface area contributed by atoms with Crippen molar-refractivity contribution in [3.05, 3.63) is 42.2 Å². The van der Waals surface area contributed by atoms with Crippen molar-refractivity contribution in [3.8, 4) is 11.5 Å². The molecule has 2 rings (SSSR count). The highest BCUT2D eigenvalue weighted by Crippen LogP contribution is 2.42. The van der Waals surface area contributed by atoms with Gasteiger partial charge in [-0.25, -0.2) is 0 Å². The number of rotatable bonds is 2. The number of phenolic OH excluding ortho intramolecular Hbond substituents is 2. The number of benzene rings is 2. The summed E-state index contributed by atoms with van der Waals surface area (Å²) in [5.74, 6) is 0.356. The Balaban J connectivity index is 2.36. The number of halogens is 4. The summed E-state index contributed by atoms with van der Waals surface area (Å²) in [7, 11) is 0. The summed E-state index contributed by atoms with van der Waals surface area (Å²) in [6.45, 7) is 0. The minimum Gasteiger partial charge on any atom is -0.506 e. The monoisotopic (exact) mass is 530 g/mol. The molecule has 0 saturated heterocycles. The van der Waals surface area contributed by atoms with Gasteiger partial charge in [0.15, 0.2) is 0 Å². The van der Waals surface area contributed by atoms with Crippen molar-refractivity contribution in [2.45, 2.75) is 9.79 Å². The fourth-order valence-electron chi connectivity index (χ4n) is 1.34. The molecule has 0 radical (unpaired) electrons. The lowest BCUT2D eigenvalue weighted by Gasteiger charge is -2.08. The molecule has 2 aromatic carbocycles. The van der Waals surface area contributed by atoms with Crippen molar-refractivity contribution in [3.63, 3.8) is 0 Å². The molecule has 19 heavy (non-hydrogen) atoms. The fourth-order valence-corrected chi connectivity index (χ4v) is 5.30. The zero-order chi connectivity index (χ0) is 14.2. The molecule has 2 nitrogen and oxygen atoms in total. The molecule has 0 bridgehead atoms. The van der Waals surface area contributed by atoms with E-state index in [4.69, 9.17) is 0 Å². The van der Waals surface area contributed by atoms with Crippen molar-refractivity contribution in [1.29, 1.82) is 0 Å². The lowest BCUT2D eigenvalue weighted by atomic mass is 10.3. The van der Waals surface area contributed by atoms with Crippen LogP contribution >= 0.6 is 75.5 Å². The van der Waals surface area contributed by atoms with Crippen LogP contribution in [0.1, 0.15) is 0 Å². The van der Waals surface area contributed by atoms with Gasteiger partial charge < -0.3 is 10.2 Å². The van der Waals surface area contributed by atoms with Crippen molar-refractivity contribution in [2.75, 3.05) is 0 Å². The Bertz CT molecular complexity index is 544. The fraction of sp³-hybridized carbons (Fsp3) is 0. The second-order valence-electron chi connectivity index (χ2n) is 3.57. The second-order valence-corrected chi connectivity index (χ2v) is 8.14. The SMILES string of the molecule is Oc1c(Br)cc(Sc2cc(Br)c(O)c(Br)c2)cc1Br. The maximum absolute atomic E-state index is 9.67. The Morgan fingerprint density at radius 1 is 0.632 bits per heavy atom. The third kappa shape index (κ3) is 3.69. The van der Waals surface area contributed by atoms with Crippen LogP contribution in [0.25, 0.3) is 0 Å². The van der Waals surface area contributed by atoms with Crippen LogP contribution < -0.4 is 0 Å². The van der Waals surface area contributed by atoms with Crippen LogP contribution in [0.3, 0.4) is 0 Å². The van der Waals surface area contributed by atoms with Gasteiger partial charge in [0, 0.05) is 9.79 Å². The Labute approximate surface area is 148 Å². The third-order valence-electron chi connectivity index (χ3n) is 2.22. The van der Waals surface area contributed by atoms with Crippen LogP contribution in [0, 0.1) is 0 Å². The largest absolute Gasteiger partial charge is 0.506 e. The first-order valence-electron chi connectivity index (χ1n) is 4.92. The van der Waals surface area contributed by atoms with Crippen molar-refractivity contribution in [2.24, 2.45) is 0 Å². The third-order valence-corrected chi connectivity index (χ3v) is 5.58. The van der Waals surface area contributed by atoms with E-state index in [0.717, 1.165) is 9.79 Å². The highest BCUT2D eigenvalue weighted by Gasteiger charge is 2.10. The van der Waals surface area contributed by atoms with Crippen LogP contribution in [-0.2, 0) is 0 Å². The normalized spacial score (nSPS) is 10.7. The van der Waals surface area contributed by atoms with E-state index in [1.807, 2.05) is 24.3 Å². The summed E-state index contributed by atoms with van der Waals surface area (Å²) in [5, 5.41) is 19.3. The lowest BCUT2D eigenvalue weighted by molar-refractivity contribution is 0.467. The summed E-state index contributed by atoms with van der Waals surface area (Å²) in [6, 6.07) is 7.33. The van der Waals surface area contributed by atoms with Gasteiger partial charge in [0.25, 0.3) is 0 Å². The highest BCUT2D eigenvalue weighted by molar-refractivity contribution is 9.11. The summed E-state index contributed by atoms with van der Waals surface area (Å²) in [4.78, 5) is 1.92. The number of phenols is 2. The van der Waals surface area contributed by atoms with E-state index in [2.05, 4.69) is 63.7 Å². The zero-order valence-corrected chi connectivity index (χ0v) is 16.3. The standard InChI is InChI=1S/C12H6Br4O2S/c13-7-1-5(2-8(14)11(7)17)19-6-3-9(15)12(18)10(16)4-6/h1-4,17-18H. The maximum atomic E-state index is 9.67. The van der Waals surface area contributed by atoms with Gasteiger partial charge in [-0.15, -0.1) is 0 Å². The molecule has 0 amide bonds. The molecular formula is C12H6Br4O2S. The first-order valence-corrected chi connectivity index (χ1v) is 8.91. The molecule has 0 unspecified atom stereocenters. The molecule has 100 valence electrons. The van der Waals surface area contributed by atoms with Crippen LogP contribution in [0.15, 0.2) is 51.9 Å². The molecule has 0 aliphatic heterocycles. The molecule has 0 saturated carbocycles. The zero-order valence-electron chi connectivity index (χ0n) is 9.12. The van der Waals surface area contributed by atoms with E-state index in [0.29, 0.717) is 17.9 Å². The first-order chi connectivity index (χ1) is 8.88. The van der Waals surface area contributed by atoms with Crippen molar-refractivity contribution >= 4 is 75.5 Å². The van der Waals surface area contributed by atoms with Crippen LogP contribution in [-0.4, -0.2) is 10.2 Å². The lowest BCUT2D eigenvalue weighted by Crippen LogP contribution is -1.79. The predicted octanol–water partition coefficient (Wildman–Crippen LogP) is 6.30. The van der Waals surface area contributed by atoms with E-state index < -0.39 is 0 Å². The molecule has 0 aromatic heterocycles. The van der Waals surface area contributed by atoms with Crippen LogP contribution in [0.5, 0.6) is 11.5 Å². The van der Waals surface area contributed by atoms with Gasteiger partial charge in [-0.05, 0) is 88.0 Å². The average Bonchev–Trinajstić information content (AvgIpc) is 2.33. The minimum absolute atomic E-state index is 0.178. The molecule has 2 N–H and O–H groups in total. The van der Waals surface area contributed by atoms with E-state index in [1.54, 1.807) is 0 Å². The van der Waals surface area contributed by atoms with E-state index >= 15 is 0 Å². The molecule has 0 spiro atoms. The average molecular weight is 534 g/mol. The number of hydrogen-bond acceptors (Lipinski definition) is 3. The van der Waals surface area contributed by atoms with Crippen LogP contribution in [0.2, 0.25) is 0 Å². The Hall–Kier alpha value is 0.310. The number of hydrogen-bond donors (Lipinski definition) is 2. The molecule has 2 aromatic rings. The molecule has 0 atom stereocenters. The molecule has 0 aliphatic carbocycles. The van der Waals surface area contributed by atoms with Crippen molar-refractivity contribution < 1.29 is 10.2 Å². The van der Waals surface area contributed by atoms with Crippen molar-refractivity contribution in [1.82, 2.24) is 0 Å². The van der Waals surface area contributed by atoms with E-state index in [-0.39, 0.29) is 11.5 Å².